The summed E-state index contributed by atoms with van der Waals surface area (Å²) in [4.78, 5) is 22.8. The Morgan fingerprint density at radius 3 is 2.68 bits per heavy atom. The third-order valence-corrected chi connectivity index (χ3v) is 6.00. The molecule has 1 aliphatic heterocycles. The van der Waals surface area contributed by atoms with Gasteiger partial charge >= 0.3 is 0 Å². The molecule has 0 atom stereocenters. The van der Waals surface area contributed by atoms with Gasteiger partial charge in [0.25, 0.3) is 0 Å². The zero-order chi connectivity index (χ0) is 24.1. The molecule has 2 aromatic carbocycles. The number of fused-ring (bicyclic) bond motifs is 1. The van der Waals surface area contributed by atoms with Crippen molar-refractivity contribution in [3.63, 3.8) is 0 Å². The van der Waals surface area contributed by atoms with Crippen molar-refractivity contribution < 1.29 is 23.4 Å². The number of hydrogen-bond donors (Lipinski definition) is 1. The molecular weight excluding hydrogens is 463 g/mol. The van der Waals surface area contributed by atoms with Crippen molar-refractivity contribution in [1.82, 2.24) is 14.9 Å². The maximum atomic E-state index is 13.5. The van der Waals surface area contributed by atoms with Crippen molar-refractivity contribution in [2.75, 3.05) is 39.2 Å². The van der Waals surface area contributed by atoms with Crippen LogP contribution >= 0.6 is 11.6 Å². The average Bonchev–Trinajstić information content (AvgIpc) is 2.85. The van der Waals surface area contributed by atoms with Crippen LogP contribution in [0.2, 0.25) is 5.02 Å². The minimum atomic E-state index is -0.494. The van der Waals surface area contributed by atoms with Crippen molar-refractivity contribution in [3.8, 4) is 11.5 Å². The van der Waals surface area contributed by atoms with Gasteiger partial charge in [-0.25, -0.2) is 14.4 Å². The Bertz CT molecular complexity index is 1170. The number of amides is 1. The van der Waals surface area contributed by atoms with Crippen LogP contribution in [0, 0.1) is 5.82 Å². The Hall–Kier alpha value is -3.17. The van der Waals surface area contributed by atoms with Gasteiger partial charge in [0.1, 0.15) is 24.1 Å². The van der Waals surface area contributed by atoms with Crippen molar-refractivity contribution in [2.45, 2.75) is 25.4 Å². The summed E-state index contributed by atoms with van der Waals surface area (Å²) in [7, 11) is 3.16. The SMILES string of the molecule is COCCC(=O)N1CCC(Oc2cc3c(Nc4ccc(F)c(Cl)c4)ncnc3cc2OC)CC1. The summed E-state index contributed by atoms with van der Waals surface area (Å²) in [6.45, 7) is 1.68. The van der Waals surface area contributed by atoms with Crippen LogP contribution in [0.25, 0.3) is 10.9 Å². The Morgan fingerprint density at radius 2 is 1.97 bits per heavy atom. The van der Waals surface area contributed by atoms with E-state index in [0.717, 1.165) is 0 Å². The predicted octanol–water partition coefficient (Wildman–Crippen LogP) is 4.58. The van der Waals surface area contributed by atoms with E-state index in [1.807, 2.05) is 11.0 Å². The highest BCUT2D eigenvalue weighted by atomic mass is 35.5. The number of hydrogen-bond acceptors (Lipinski definition) is 7. The molecule has 3 aromatic rings. The summed E-state index contributed by atoms with van der Waals surface area (Å²) in [6.07, 6.45) is 3.19. The van der Waals surface area contributed by atoms with E-state index in [4.69, 9.17) is 25.8 Å². The molecule has 1 aliphatic rings. The average molecular weight is 489 g/mol. The van der Waals surface area contributed by atoms with Crippen LogP contribution in [-0.2, 0) is 9.53 Å². The van der Waals surface area contributed by atoms with Crippen LogP contribution < -0.4 is 14.8 Å². The fraction of sp³-hybridized carbons (Fsp3) is 0.375. The lowest BCUT2D eigenvalue weighted by atomic mass is 10.1. The van der Waals surface area contributed by atoms with Gasteiger partial charge in [-0.05, 0) is 24.3 Å². The van der Waals surface area contributed by atoms with Gasteiger partial charge in [0.15, 0.2) is 11.5 Å². The minimum absolute atomic E-state index is 0.0149. The first kappa shape index (κ1) is 24.0. The summed E-state index contributed by atoms with van der Waals surface area (Å²) in [5.74, 6) is 1.25. The van der Waals surface area contributed by atoms with Crippen LogP contribution in [0.5, 0.6) is 11.5 Å². The Balaban J connectivity index is 1.53. The summed E-state index contributed by atoms with van der Waals surface area (Å²) < 4.78 is 30.4. The Kier molecular flexibility index (Phi) is 7.64. The number of aromatic nitrogens is 2. The molecule has 0 aliphatic carbocycles. The van der Waals surface area contributed by atoms with E-state index in [1.165, 1.54) is 18.5 Å². The second-order valence-electron chi connectivity index (χ2n) is 7.94. The van der Waals surface area contributed by atoms with E-state index in [-0.39, 0.29) is 17.0 Å². The molecule has 0 spiro atoms. The fourth-order valence-corrected chi connectivity index (χ4v) is 4.06. The summed E-state index contributed by atoms with van der Waals surface area (Å²) in [6, 6.07) is 7.99. The standard InChI is InChI=1S/C24H26ClFN4O4/c1-32-10-7-23(31)30-8-5-16(6-9-30)34-22-12-17-20(13-21(22)33-2)27-14-28-24(17)29-15-3-4-19(26)18(25)11-15/h3-4,11-14,16H,5-10H2,1-2H3,(H,27,28,29). The van der Waals surface area contributed by atoms with E-state index < -0.39 is 5.82 Å². The molecule has 34 heavy (non-hydrogen) atoms. The van der Waals surface area contributed by atoms with Gasteiger partial charge in [-0.15, -0.1) is 0 Å². The van der Waals surface area contributed by atoms with Crippen LogP contribution in [0.1, 0.15) is 19.3 Å². The molecule has 8 nitrogen and oxygen atoms in total. The molecule has 1 aromatic heterocycles. The van der Waals surface area contributed by atoms with Crippen molar-refractivity contribution in [1.29, 1.82) is 0 Å². The number of benzene rings is 2. The van der Waals surface area contributed by atoms with Crippen LogP contribution in [0.4, 0.5) is 15.9 Å². The predicted molar refractivity (Wildman–Crippen MR) is 128 cm³/mol. The van der Waals surface area contributed by atoms with Gasteiger partial charge in [0, 0.05) is 50.2 Å². The Labute approximate surface area is 202 Å². The largest absolute Gasteiger partial charge is 0.493 e. The number of carbonyl (C=O) groups is 1. The molecule has 2 heterocycles. The number of methoxy groups -OCH3 is 2. The highest BCUT2D eigenvalue weighted by Gasteiger charge is 2.25. The fourth-order valence-electron chi connectivity index (χ4n) is 3.88. The first-order valence-electron chi connectivity index (χ1n) is 11.0. The topological polar surface area (TPSA) is 85.8 Å². The van der Waals surface area contributed by atoms with Gasteiger partial charge in [-0.3, -0.25) is 4.79 Å². The van der Waals surface area contributed by atoms with Gasteiger partial charge < -0.3 is 24.4 Å². The minimum Gasteiger partial charge on any atom is -0.493 e. The lowest BCUT2D eigenvalue weighted by molar-refractivity contribution is -0.133. The number of nitrogens with zero attached hydrogens (tertiary/aromatic N) is 3. The molecule has 1 N–H and O–H groups in total. The maximum absolute atomic E-state index is 13.5. The molecule has 4 rings (SSSR count). The molecule has 0 bridgehead atoms. The van der Waals surface area contributed by atoms with E-state index >= 15 is 0 Å². The number of rotatable bonds is 8. The van der Waals surface area contributed by atoms with Crippen LogP contribution in [-0.4, -0.2) is 60.8 Å². The third kappa shape index (κ3) is 5.48. The normalized spacial score (nSPS) is 14.3. The first-order valence-corrected chi connectivity index (χ1v) is 11.3. The van der Waals surface area contributed by atoms with E-state index in [0.29, 0.717) is 72.9 Å². The highest BCUT2D eigenvalue weighted by Crippen LogP contribution is 2.36. The van der Waals surface area contributed by atoms with Gasteiger partial charge in [-0.2, -0.15) is 0 Å². The Morgan fingerprint density at radius 1 is 1.18 bits per heavy atom. The van der Waals surface area contributed by atoms with E-state index in [2.05, 4.69) is 15.3 Å². The summed E-state index contributed by atoms with van der Waals surface area (Å²) >= 11 is 5.91. The summed E-state index contributed by atoms with van der Waals surface area (Å²) in [5.41, 5.74) is 1.25. The highest BCUT2D eigenvalue weighted by molar-refractivity contribution is 6.31. The number of piperidine rings is 1. The lowest BCUT2D eigenvalue weighted by Gasteiger charge is -2.32. The molecule has 0 saturated carbocycles. The molecule has 1 saturated heterocycles. The quantitative estimate of drug-likeness (QED) is 0.496. The number of halogens is 2. The van der Waals surface area contributed by atoms with Crippen molar-refractivity contribution in [2.24, 2.45) is 0 Å². The molecular formula is C24H26ClFN4O4. The maximum Gasteiger partial charge on any atom is 0.224 e. The number of nitrogens with one attached hydrogen (secondary N) is 1. The first-order chi connectivity index (χ1) is 16.5. The number of ether oxygens (including phenoxy) is 3. The van der Waals surface area contributed by atoms with Crippen molar-refractivity contribution >= 4 is 39.9 Å². The molecule has 0 unspecified atom stereocenters. The second-order valence-corrected chi connectivity index (χ2v) is 8.34. The number of carbonyl (C=O) groups excluding carboxylic acids is 1. The molecule has 10 heteroatoms. The number of anilines is 2. The molecule has 180 valence electrons. The van der Waals surface area contributed by atoms with E-state index in [1.54, 1.807) is 26.4 Å². The van der Waals surface area contributed by atoms with Gasteiger partial charge in [0.2, 0.25) is 5.91 Å². The van der Waals surface area contributed by atoms with Crippen LogP contribution in [0.15, 0.2) is 36.7 Å². The zero-order valence-electron chi connectivity index (χ0n) is 19.0. The van der Waals surface area contributed by atoms with Gasteiger partial charge in [0.05, 0.1) is 30.7 Å². The van der Waals surface area contributed by atoms with E-state index in [9.17, 15) is 9.18 Å². The molecule has 0 radical (unpaired) electrons. The summed E-state index contributed by atoms with van der Waals surface area (Å²) in [5, 5.41) is 3.89. The van der Waals surface area contributed by atoms with Crippen molar-refractivity contribution in [3.05, 3.63) is 47.5 Å². The zero-order valence-corrected chi connectivity index (χ0v) is 19.8. The molecule has 1 amide bonds. The molecule has 1 fully saturated rings. The monoisotopic (exact) mass is 488 g/mol. The van der Waals surface area contributed by atoms with Gasteiger partial charge in [-0.1, -0.05) is 11.6 Å². The van der Waals surface area contributed by atoms with Crippen LogP contribution in [0.3, 0.4) is 0 Å². The second kappa shape index (κ2) is 10.8. The number of likely N-dealkylation sites (tertiary alicyclic amines) is 1. The third-order valence-electron chi connectivity index (χ3n) is 5.71. The lowest BCUT2D eigenvalue weighted by Crippen LogP contribution is -2.42. The smallest absolute Gasteiger partial charge is 0.224 e.